The molecule has 0 unspecified atom stereocenters. The maximum absolute atomic E-state index is 6.31. The Morgan fingerprint density at radius 3 is 2.62 bits per heavy atom. The van der Waals surface area contributed by atoms with Crippen molar-refractivity contribution in [2.24, 2.45) is 0 Å². The molecule has 0 saturated carbocycles. The predicted octanol–water partition coefficient (Wildman–Crippen LogP) is 4.79. The molecule has 1 aromatic carbocycles. The summed E-state index contributed by atoms with van der Waals surface area (Å²) < 4.78 is 5.89. The molecular weight excluding hydrogens is 346 g/mol. The highest BCUT2D eigenvalue weighted by Crippen LogP contribution is 2.34. The van der Waals surface area contributed by atoms with Crippen LogP contribution in [0.3, 0.4) is 0 Å². The first-order valence-electron chi connectivity index (χ1n) is 8.59. The van der Waals surface area contributed by atoms with Crippen LogP contribution in [0.15, 0.2) is 60.9 Å². The molecule has 26 heavy (non-hydrogen) atoms. The van der Waals surface area contributed by atoms with Crippen LogP contribution in [0.4, 0.5) is 0 Å². The third-order valence-electron chi connectivity index (χ3n) is 3.96. The fraction of sp³-hybridized carbons (Fsp3) is 0.238. The second-order valence-corrected chi connectivity index (χ2v) is 6.67. The van der Waals surface area contributed by atoms with Crippen molar-refractivity contribution < 1.29 is 4.74 Å². The minimum atomic E-state index is 0.605. The summed E-state index contributed by atoms with van der Waals surface area (Å²) in [5.74, 6) is 0.681. The van der Waals surface area contributed by atoms with Gasteiger partial charge in [0.2, 0.25) is 0 Å². The van der Waals surface area contributed by atoms with Gasteiger partial charge in [-0.05, 0) is 56.9 Å². The van der Waals surface area contributed by atoms with Crippen LogP contribution in [0.1, 0.15) is 6.42 Å². The first-order chi connectivity index (χ1) is 12.6. The number of hydrogen-bond donors (Lipinski definition) is 0. The smallest absolute Gasteiger partial charge is 0.138 e. The highest BCUT2D eigenvalue weighted by Gasteiger charge is 2.12. The Labute approximate surface area is 159 Å². The third-order valence-corrected chi connectivity index (χ3v) is 4.27. The van der Waals surface area contributed by atoms with Crippen molar-refractivity contribution in [3.63, 3.8) is 0 Å². The van der Waals surface area contributed by atoms with E-state index in [0.717, 1.165) is 35.5 Å². The van der Waals surface area contributed by atoms with Gasteiger partial charge in [-0.3, -0.25) is 9.97 Å². The Morgan fingerprint density at radius 1 is 1.00 bits per heavy atom. The molecule has 3 aromatic rings. The van der Waals surface area contributed by atoms with E-state index in [2.05, 4.69) is 14.9 Å². The summed E-state index contributed by atoms with van der Waals surface area (Å²) in [6.07, 6.45) is 4.51. The molecule has 2 heterocycles. The van der Waals surface area contributed by atoms with Crippen LogP contribution in [0, 0.1) is 0 Å². The van der Waals surface area contributed by atoms with Crippen LogP contribution in [-0.2, 0) is 0 Å². The molecule has 0 N–H and O–H groups in total. The lowest BCUT2D eigenvalue weighted by Gasteiger charge is -2.13. The van der Waals surface area contributed by atoms with E-state index in [-0.39, 0.29) is 0 Å². The van der Waals surface area contributed by atoms with E-state index in [1.165, 1.54) is 0 Å². The Morgan fingerprint density at radius 2 is 1.85 bits per heavy atom. The van der Waals surface area contributed by atoms with Gasteiger partial charge in [-0.25, -0.2) is 0 Å². The summed E-state index contributed by atoms with van der Waals surface area (Å²) in [6, 6.07) is 15.6. The molecule has 0 fully saturated rings. The van der Waals surface area contributed by atoms with Gasteiger partial charge >= 0.3 is 0 Å². The largest absolute Gasteiger partial charge is 0.492 e. The lowest BCUT2D eigenvalue weighted by atomic mass is 10.0. The molecule has 0 saturated heterocycles. The standard InChI is InChI=1S/C21H22ClN3O/c1-25(2)13-6-14-26-20-15-16(9-10-18(20)22)21-17(7-5-12-24-21)19-8-3-4-11-23-19/h3-5,7-12,15H,6,13-14H2,1-2H3. The number of benzene rings is 1. The van der Waals surface area contributed by atoms with Crippen molar-refractivity contribution in [3.05, 3.63) is 65.9 Å². The Hall–Kier alpha value is -2.43. The molecule has 0 aliphatic carbocycles. The van der Waals surface area contributed by atoms with Crippen molar-refractivity contribution in [1.29, 1.82) is 0 Å². The SMILES string of the molecule is CN(C)CCCOc1cc(-c2ncccc2-c2ccccn2)ccc1Cl. The number of halogens is 1. The van der Waals surface area contributed by atoms with Gasteiger partial charge in [0.1, 0.15) is 5.75 Å². The molecule has 0 amide bonds. The molecule has 0 bridgehead atoms. The lowest BCUT2D eigenvalue weighted by molar-refractivity contribution is 0.282. The van der Waals surface area contributed by atoms with E-state index >= 15 is 0 Å². The molecule has 0 spiro atoms. The first kappa shape index (κ1) is 18.4. The minimum Gasteiger partial charge on any atom is -0.492 e. The van der Waals surface area contributed by atoms with Gasteiger partial charge in [-0.2, -0.15) is 0 Å². The summed E-state index contributed by atoms with van der Waals surface area (Å²) in [5.41, 5.74) is 3.69. The van der Waals surface area contributed by atoms with Gasteiger partial charge in [0.25, 0.3) is 0 Å². The number of rotatable bonds is 7. The number of pyridine rings is 2. The van der Waals surface area contributed by atoms with Gasteiger partial charge < -0.3 is 9.64 Å². The summed E-state index contributed by atoms with van der Waals surface area (Å²) in [6.45, 7) is 1.60. The quantitative estimate of drug-likeness (QED) is 0.562. The van der Waals surface area contributed by atoms with Crippen LogP contribution in [0.25, 0.3) is 22.5 Å². The second-order valence-electron chi connectivity index (χ2n) is 6.27. The first-order valence-corrected chi connectivity index (χ1v) is 8.97. The van der Waals surface area contributed by atoms with Crippen molar-refractivity contribution in [3.8, 4) is 28.3 Å². The van der Waals surface area contributed by atoms with Crippen molar-refractivity contribution in [2.45, 2.75) is 6.42 Å². The number of hydrogen-bond acceptors (Lipinski definition) is 4. The fourth-order valence-corrected chi connectivity index (χ4v) is 2.86. The number of aromatic nitrogens is 2. The van der Waals surface area contributed by atoms with E-state index in [1.54, 1.807) is 12.4 Å². The topological polar surface area (TPSA) is 38.2 Å². The zero-order chi connectivity index (χ0) is 18.4. The van der Waals surface area contributed by atoms with Crippen LogP contribution >= 0.6 is 11.6 Å². The molecule has 4 nitrogen and oxygen atoms in total. The van der Waals surface area contributed by atoms with Crippen LogP contribution in [0.2, 0.25) is 5.02 Å². The van der Waals surface area contributed by atoms with Gasteiger partial charge in [-0.1, -0.05) is 23.7 Å². The van der Waals surface area contributed by atoms with Crippen molar-refractivity contribution in [2.75, 3.05) is 27.2 Å². The lowest BCUT2D eigenvalue weighted by Crippen LogP contribution is -2.15. The maximum atomic E-state index is 6.31. The molecule has 3 rings (SSSR count). The van der Waals surface area contributed by atoms with Gasteiger partial charge in [0.15, 0.2) is 0 Å². The van der Waals surface area contributed by atoms with Crippen LogP contribution in [-0.4, -0.2) is 42.1 Å². The molecule has 0 radical (unpaired) electrons. The average molecular weight is 368 g/mol. The van der Waals surface area contributed by atoms with Crippen LogP contribution < -0.4 is 4.74 Å². The predicted molar refractivity (Wildman–Crippen MR) is 107 cm³/mol. The molecule has 0 aliphatic heterocycles. The van der Waals surface area contributed by atoms with E-state index in [4.69, 9.17) is 16.3 Å². The summed E-state index contributed by atoms with van der Waals surface area (Å²) in [4.78, 5) is 11.2. The number of nitrogens with zero attached hydrogens (tertiary/aromatic N) is 3. The maximum Gasteiger partial charge on any atom is 0.138 e. The summed E-state index contributed by atoms with van der Waals surface area (Å²) in [5, 5.41) is 0.605. The third kappa shape index (κ3) is 4.59. The molecular formula is C21H22ClN3O. The molecule has 5 heteroatoms. The summed E-state index contributed by atoms with van der Waals surface area (Å²) >= 11 is 6.31. The normalized spacial score (nSPS) is 10.9. The average Bonchev–Trinajstić information content (AvgIpc) is 2.67. The van der Waals surface area contributed by atoms with Gasteiger partial charge in [0, 0.05) is 30.1 Å². The molecule has 0 atom stereocenters. The van der Waals surface area contributed by atoms with E-state index in [9.17, 15) is 0 Å². The van der Waals surface area contributed by atoms with Gasteiger partial charge in [0.05, 0.1) is 23.0 Å². The van der Waals surface area contributed by atoms with Crippen molar-refractivity contribution in [1.82, 2.24) is 14.9 Å². The summed E-state index contributed by atoms with van der Waals surface area (Å²) in [7, 11) is 4.10. The zero-order valence-electron chi connectivity index (χ0n) is 15.0. The monoisotopic (exact) mass is 367 g/mol. The highest BCUT2D eigenvalue weighted by molar-refractivity contribution is 6.32. The van der Waals surface area contributed by atoms with Crippen LogP contribution in [0.5, 0.6) is 5.75 Å². The van der Waals surface area contributed by atoms with E-state index in [0.29, 0.717) is 17.4 Å². The molecule has 0 aliphatic rings. The van der Waals surface area contributed by atoms with Gasteiger partial charge in [-0.15, -0.1) is 0 Å². The highest BCUT2D eigenvalue weighted by atomic mass is 35.5. The van der Waals surface area contributed by atoms with Crippen molar-refractivity contribution >= 4 is 11.6 Å². The molecule has 2 aromatic heterocycles. The van der Waals surface area contributed by atoms with E-state index in [1.807, 2.05) is 62.6 Å². The second kappa shape index (κ2) is 8.79. The molecule has 134 valence electrons. The zero-order valence-corrected chi connectivity index (χ0v) is 15.8. The van der Waals surface area contributed by atoms with E-state index < -0.39 is 0 Å². The number of ether oxygens (including phenoxy) is 1. The Kier molecular flexibility index (Phi) is 6.21. The Balaban J connectivity index is 1.88. The Bertz CT molecular complexity index is 853. The fourth-order valence-electron chi connectivity index (χ4n) is 2.69. The minimum absolute atomic E-state index is 0.605.